The molecule has 0 atom stereocenters. The van der Waals surface area contributed by atoms with Crippen molar-refractivity contribution >= 4 is 11.7 Å². The number of carbonyl (C=O) groups is 1. The van der Waals surface area contributed by atoms with Gasteiger partial charge in [0.25, 0.3) is 5.91 Å². The third kappa shape index (κ3) is 2.13. The largest absolute Gasteiger partial charge is 0.388 e. The second kappa shape index (κ2) is 4.09. The fourth-order valence-electron chi connectivity index (χ4n) is 1.89. The molecule has 0 saturated heterocycles. The number of nitrogens with one attached hydrogen (secondary N) is 1. The molecule has 1 aliphatic carbocycles. The Labute approximate surface area is 92.0 Å². The number of hydrogen-bond acceptors (Lipinski definition) is 6. The minimum absolute atomic E-state index is 0.0402. The minimum atomic E-state index is -0.790. The molecule has 0 radical (unpaired) electrons. The fourth-order valence-corrected chi connectivity index (χ4v) is 1.89. The van der Waals surface area contributed by atoms with Gasteiger partial charge in [-0.3, -0.25) is 4.79 Å². The molecule has 88 valence electrons. The van der Waals surface area contributed by atoms with E-state index in [4.69, 9.17) is 5.73 Å². The maximum atomic E-state index is 11.6. The van der Waals surface area contributed by atoms with Crippen molar-refractivity contribution in [3.63, 3.8) is 0 Å². The number of carbonyl (C=O) groups excluding carboxylic acids is 1. The van der Waals surface area contributed by atoms with Gasteiger partial charge in [-0.25, -0.2) is 4.63 Å². The van der Waals surface area contributed by atoms with Crippen molar-refractivity contribution in [1.29, 1.82) is 0 Å². The van der Waals surface area contributed by atoms with E-state index >= 15 is 0 Å². The molecule has 0 aromatic carbocycles. The normalized spacial score (nSPS) is 18.6. The SMILES string of the molecule is Nc1nonc1C(=O)NCC1(O)CCCC1. The Morgan fingerprint density at radius 3 is 2.75 bits per heavy atom. The smallest absolute Gasteiger partial charge is 0.277 e. The van der Waals surface area contributed by atoms with E-state index in [1.807, 2.05) is 0 Å². The summed E-state index contributed by atoms with van der Waals surface area (Å²) in [5.41, 5.74) is 4.54. The topological polar surface area (TPSA) is 114 Å². The molecule has 4 N–H and O–H groups in total. The lowest BCUT2D eigenvalue weighted by atomic mass is 10.0. The van der Waals surface area contributed by atoms with E-state index < -0.39 is 11.5 Å². The number of nitrogens with zero attached hydrogens (tertiary/aromatic N) is 2. The van der Waals surface area contributed by atoms with Gasteiger partial charge in [0.1, 0.15) is 0 Å². The van der Waals surface area contributed by atoms with Crippen molar-refractivity contribution in [3.8, 4) is 0 Å². The van der Waals surface area contributed by atoms with Gasteiger partial charge in [0.05, 0.1) is 5.60 Å². The molecule has 1 amide bonds. The van der Waals surface area contributed by atoms with Crippen molar-refractivity contribution in [3.05, 3.63) is 5.69 Å². The highest BCUT2D eigenvalue weighted by Gasteiger charge is 2.31. The summed E-state index contributed by atoms with van der Waals surface area (Å²) in [5, 5.41) is 19.3. The quantitative estimate of drug-likeness (QED) is 0.651. The minimum Gasteiger partial charge on any atom is -0.388 e. The predicted octanol–water partition coefficient (Wildman–Crippen LogP) is -0.313. The number of nitrogen functional groups attached to an aromatic ring is 1. The molecular formula is C9H14N4O3. The van der Waals surface area contributed by atoms with Crippen molar-refractivity contribution in [2.45, 2.75) is 31.3 Å². The first kappa shape index (κ1) is 10.9. The Kier molecular flexibility index (Phi) is 2.78. The molecule has 16 heavy (non-hydrogen) atoms. The Balaban J connectivity index is 1.91. The van der Waals surface area contributed by atoms with E-state index in [0.717, 1.165) is 12.8 Å². The molecule has 0 aliphatic heterocycles. The van der Waals surface area contributed by atoms with Gasteiger partial charge >= 0.3 is 0 Å². The zero-order valence-corrected chi connectivity index (χ0v) is 8.77. The second-order valence-corrected chi connectivity index (χ2v) is 4.11. The van der Waals surface area contributed by atoms with Crippen LogP contribution in [0.2, 0.25) is 0 Å². The van der Waals surface area contributed by atoms with Crippen LogP contribution in [0, 0.1) is 0 Å². The average molecular weight is 226 g/mol. The molecule has 2 rings (SSSR count). The van der Waals surface area contributed by atoms with E-state index in [-0.39, 0.29) is 18.1 Å². The van der Waals surface area contributed by atoms with E-state index in [1.54, 1.807) is 0 Å². The molecule has 1 aromatic rings. The average Bonchev–Trinajstić information content (AvgIpc) is 2.85. The van der Waals surface area contributed by atoms with Gasteiger partial charge < -0.3 is 16.2 Å². The first-order valence-corrected chi connectivity index (χ1v) is 5.19. The highest BCUT2D eigenvalue weighted by Crippen LogP contribution is 2.28. The Morgan fingerprint density at radius 2 is 2.19 bits per heavy atom. The lowest BCUT2D eigenvalue weighted by molar-refractivity contribution is 0.0448. The fraction of sp³-hybridized carbons (Fsp3) is 0.667. The van der Waals surface area contributed by atoms with Crippen LogP contribution in [0.3, 0.4) is 0 Å². The molecule has 1 heterocycles. The second-order valence-electron chi connectivity index (χ2n) is 4.11. The van der Waals surface area contributed by atoms with E-state index in [1.165, 1.54) is 0 Å². The third-order valence-corrected chi connectivity index (χ3v) is 2.84. The lowest BCUT2D eigenvalue weighted by Gasteiger charge is -2.21. The molecule has 0 unspecified atom stereocenters. The van der Waals surface area contributed by atoms with Crippen molar-refractivity contribution < 1.29 is 14.5 Å². The summed E-state index contributed by atoms with van der Waals surface area (Å²) < 4.78 is 4.32. The highest BCUT2D eigenvalue weighted by molar-refractivity contribution is 5.95. The molecule has 1 saturated carbocycles. The summed E-state index contributed by atoms with van der Waals surface area (Å²) in [5.74, 6) is -0.519. The molecule has 1 aliphatic rings. The van der Waals surface area contributed by atoms with Crippen LogP contribution in [-0.2, 0) is 0 Å². The van der Waals surface area contributed by atoms with Gasteiger partial charge in [0.15, 0.2) is 0 Å². The van der Waals surface area contributed by atoms with Crippen LogP contribution in [0.4, 0.5) is 5.82 Å². The van der Waals surface area contributed by atoms with Crippen molar-refractivity contribution in [2.24, 2.45) is 0 Å². The first-order chi connectivity index (χ1) is 7.61. The monoisotopic (exact) mass is 226 g/mol. The molecule has 7 heteroatoms. The number of rotatable bonds is 3. The Morgan fingerprint density at radius 1 is 1.50 bits per heavy atom. The van der Waals surface area contributed by atoms with Crippen LogP contribution in [0.1, 0.15) is 36.2 Å². The van der Waals surface area contributed by atoms with Gasteiger partial charge in [-0.15, -0.1) is 0 Å². The van der Waals surface area contributed by atoms with Crippen molar-refractivity contribution in [1.82, 2.24) is 15.6 Å². The zero-order chi connectivity index (χ0) is 11.6. The number of aliphatic hydroxyl groups is 1. The maximum absolute atomic E-state index is 11.6. The van der Waals surface area contributed by atoms with Gasteiger partial charge in [-0.1, -0.05) is 12.8 Å². The van der Waals surface area contributed by atoms with Gasteiger partial charge in [-0.2, -0.15) is 0 Å². The van der Waals surface area contributed by atoms with Crippen molar-refractivity contribution in [2.75, 3.05) is 12.3 Å². The summed E-state index contributed by atoms with van der Waals surface area (Å²) in [6.45, 7) is 0.206. The van der Waals surface area contributed by atoms with E-state index in [9.17, 15) is 9.90 Å². The van der Waals surface area contributed by atoms with Gasteiger partial charge in [0.2, 0.25) is 11.5 Å². The Bertz CT molecular complexity index is 384. The summed E-state index contributed by atoms with van der Waals surface area (Å²) in [6.07, 6.45) is 3.39. The highest BCUT2D eigenvalue weighted by atomic mass is 16.6. The van der Waals surface area contributed by atoms with Gasteiger partial charge in [-0.05, 0) is 23.2 Å². The summed E-state index contributed by atoms with van der Waals surface area (Å²) in [4.78, 5) is 11.6. The number of hydrogen-bond donors (Lipinski definition) is 3. The third-order valence-electron chi connectivity index (χ3n) is 2.84. The molecule has 1 fully saturated rings. The van der Waals surface area contributed by atoms with E-state index in [2.05, 4.69) is 20.3 Å². The zero-order valence-electron chi connectivity index (χ0n) is 8.77. The number of aromatic nitrogens is 2. The van der Waals surface area contributed by atoms with Crippen LogP contribution in [0.5, 0.6) is 0 Å². The van der Waals surface area contributed by atoms with Crippen LogP contribution >= 0.6 is 0 Å². The molecule has 0 spiro atoms. The summed E-state index contributed by atoms with van der Waals surface area (Å²) in [6, 6.07) is 0. The van der Waals surface area contributed by atoms with Gasteiger partial charge in [0, 0.05) is 6.54 Å². The van der Waals surface area contributed by atoms with Crippen LogP contribution < -0.4 is 11.1 Å². The first-order valence-electron chi connectivity index (χ1n) is 5.19. The molecule has 7 nitrogen and oxygen atoms in total. The molecular weight excluding hydrogens is 212 g/mol. The van der Waals surface area contributed by atoms with Crippen LogP contribution in [0.25, 0.3) is 0 Å². The summed E-state index contributed by atoms with van der Waals surface area (Å²) in [7, 11) is 0. The van der Waals surface area contributed by atoms with Crippen LogP contribution in [0.15, 0.2) is 4.63 Å². The molecule has 0 bridgehead atoms. The number of anilines is 1. The standard InChI is InChI=1S/C9H14N4O3/c10-7-6(12-16-13-7)8(14)11-5-9(15)3-1-2-4-9/h15H,1-5H2,(H2,10,13)(H,11,14). The predicted molar refractivity (Wildman–Crippen MR) is 54.5 cm³/mol. The number of nitrogens with two attached hydrogens (primary N) is 1. The lowest BCUT2D eigenvalue weighted by Crippen LogP contribution is -2.41. The molecule has 1 aromatic heterocycles. The Hall–Kier alpha value is -1.63. The van der Waals surface area contributed by atoms with Crippen LogP contribution in [-0.4, -0.2) is 33.5 Å². The summed E-state index contributed by atoms with van der Waals surface area (Å²) >= 11 is 0. The maximum Gasteiger partial charge on any atom is 0.277 e. The van der Waals surface area contributed by atoms with E-state index in [0.29, 0.717) is 12.8 Å². The number of amides is 1.